The first kappa shape index (κ1) is 41.7. The average molecular weight is 818 g/mol. The van der Waals surface area contributed by atoms with E-state index in [1.54, 1.807) is 25.4 Å². The largest absolute Gasteiger partial charge is 0.444 e. The number of Topliss-reactive ketones (excluding diaryl/α,β-unsaturated/α-hetero) is 1. The van der Waals surface area contributed by atoms with Crippen LogP contribution in [0.4, 0.5) is 27.2 Å². The van der Waals surface area contributed by atoms with Crippen LogP contribution in [-0.2, 0) is 53.2 Å². The first-order chi connectivity index (χ1) is 27.1. The Kier molecular flexibility index (Phi) is 11.2. The van der Waals surface area contributed by atoms with E-state index in [1.165, 1.54) is 0 Å². The van der Waals surface area contributed by atoms with Gasteiger partial charge in [-0.3, -0.25) is 18.8 Å². The van der Waals surface area contributed by atoms with Gasteiger partial charge in [-0.15, -0.1) is 0 Å². The van der Waals surface area contributed by atoms with E-state index >= 15 is 0 Å². The molecule has 0 spiro atoms. The van der Waals surface area contributed by atoms with Crippen LogP contribution in [0, 0.1) is 0 Å². The quantitative estimate of drug-likeness (QED) is 0.285. The zero-order valence-electron chi connectivity index (χ0n) is 34.2. The summed E-state index contributed by atoms with van der Waals surface area (Å²) in [6, 6.07) is -0.112. The summed E-state index contributed by atoms with van der Waals surface area (Å²) in [5.41, 5.74) is 5.15. The molecule has 0 atom stereocenters. The minimum Gasteiger partial charge on any atom is -0.444 e. The van der Waals surface area contributed by atoms with Crippen LogP contribution < -0.4 is 5.32 Å². The number of aromatic nitrogens is 6. The summed E-state index contributed by atoms with van der Waals surface area (Å²) in [6.07, 6.45) is 8.09. The van der Waals surface area contributed by atoms with Crippen molar-refractivity contribution in [2.24, 2.45) is 0 Å². The van der Waals surface area contributed by atoms with Gasteiger partial charge in [-0.25, -0.2) is 27.2 Å². The predicted octanol–water partition coefficient (Wildman–Crippen LogP) is 6.73. The summed E-state index contributed by atoms with van der Waals surface area (Å²) in [4.78, 5) is 38.6. The molecule has 0 saturated heterocycles. The second kappa shape index (κ2) is 15.6. The number of hydrogen-bond acceptors (Lipinski definition) is 9. The summed E-state index contributed by atoms with van der Waals surface area (Å²) < 4.78 is 67.4. The number of carbonyl (C=O) groups excluding carboxylic acids is 3. The lowest BCUT2D eigenvalue weighted by molar-refractivity contribution is -0.126. The van der Waals surface area contributed by atoms with Crippen LogP contribution in [0.25, 0.3) is 0 Å². The molecule has 14 nitrogen and oxygen atoms in total. The Morgan fingerprint density at radius 3 is 1.43 bits per heavy atom. The van der Waals surface area contributed by atoms with E-state index in [0.717, 1.165) is 59.7 Å². The summed E-state index contributed by atoms with van der Waals surface area (Å²) in [5.74, 6) is -4.72. The van der Waals surface area contributed by atoms with Crippen molar-refractivity contribution in [1.29, 1.82) is 0 Å². The second-order valence-corrected chi connectivity index (χ2v) is 18.4. The van der Waals surface area contributed by atoms with Crippen molar-refractivity contribution in [3.05, 3.63) is 52.4 Å². The molecule has 9 rings (SSSR count). The number of alkyl halides is 4. The number of nitrogens with one attached hydrogen (secondary N) is 1. The Hall–Kier alpha value is -4.48. The fourth-order valence-electron chi connectivity index (χ4n) is 7.74. The normalized spacial score (nSPS) is 21.4. The predicted molar refractivity (Wildman–Crippen MR) is 203 cm³/mol. The monoisotopic (exact) mass is 817 g/mol. The van der Waals surface area contributed by atoms with Crippen molar-refractivity contribution in [2.75, 3.05) is 19.6 Å². The molecule has 0 radical (unpaired) electrons. The van der Waals surface area contributed by atoms with Crippen molar-refractivity contribution < 1.29 is 41.4 Å². The smallest absolute Gasteiger partial charge is 0.410 e. The van der Waals surface area contributed by atoms with E-state index in [2.05, 4.69) is 20.6 Å². The van der Waals surface area contributed by atoms with Crippen LogP contribution in [0.15, 0.2) is 18.6 Å². The SMILES string of the molecule is CC(C)(C)OC(=O)N1CCc2nn(C3CC(=O)C3)cc2C1.CC(C)(C)OC(=O)N1CCc2nn(C3CC(F)(F)C3)cc2C1.FC1(F)CC(n2cc3c(n2)CCNC3)C1. The van der Waals surface area contributed by atoms with Crippen LogP contribution in [0.1, 0.15) is 132 Å². The number of fused-ring (bicyclic) bond motifs is 3. The molecule has 0 bridgehead atoms. The maximum Gasteiger partial charge on any atom is 0.410 e. The lowest BCUT2D eigenvalue weighted by atomic mass is 9.88. The number of ketones is 1. The summed E-state index contributed by atoms with van der Waals surface area (Å²) in [6.45, 7) is 15.0. The fourth-order valence-corrected chi connectivity index (χ4v) is 7.74. The van der Waals surface area contributed by atoms with Gasteiger partial charge in [-0.05, 0) is 41.5 Å². The van der Waals surface area contributed by atoms with Gasteiger partial charge in [0.15, 0.2) is 0 Å². The van der Waals surface area contributed by atoms with Crippen molar-refractivity contribution in [2.45, 2.75) is 160 Å². The van der Waals surface area contributed by atoms with E-state index in [1.807, 2.05) is 58.6 Å². The molecular weight excluding hydrogens is 762 g/mol. The minimum absolute atomic E-state index is 0.0546. The molecule has 3 aliphatic heterocycles. The third-order valence-electron chi connectivity index (χ3n) is 11.0. The highest BCUT2D eigenvalue weighted by molar-refractivity contribution is 5.85. The molecule has 58 heavy (non-hydrogen) atoms. The average Bonchev–Trinajstić information content (AvgIpc) is 3.83. The number of nitrogens with zero attached hydrogens (tertiary/aromatic N) is 8. The van der Waals surface area contributed by atoms with Crippen LogP contribution in [0.5, 0.6) is 0 Å². The zero-order chi connectivity index (χ0) is 41.8. The van der Waals surface area contributed by atoms with Crippen LogP contribution in [0.2, 0.25) is 0 Å². The highest BCUT2D eigenvalue weighted by Gasteiger charge is 2.48. The number of amides is 2. The van der Waals surface area contributed by atoms with Gasteiger partial charge >= 0.3 is 12.2 Å². The van der Waals surface area contributed by atoms with E-state index in [0.29, 0.717) is 51.2 Å². The van der Waals surface area contributed by atoms with Crippen molar-refractivity contribution >= 4 is 18.0 Å². The molecule has 3 saturated carbocycles. The Morgan fingerprint density at radius 1 is 0.655 bits per heavy atom. The summed E-state index contributed by atoms with van der Waals surface area (Å²) in [5, 5.41) is 16.6. The first-order valence-corrected chi connectivity index (χ1v) is 20.2. The molecule has 6 heterocycles. The third kappa shape index (κ3) is 10.0. The maximum absolute atomic E-state index is 13.0. The number of rotatable bonds is 3. The van der Waals surface area contributed by atoms with E-state index in [4.69, 9.17) is 9.47 Å². The topological polar surface area (TPSA) is 142 Å². The van der Waals surface area contributed by atoms with E-state index in [9.17, 15) is 31.9 Å². The Balaban J connectivity index is 0.000000135. The number of carbonyl (C=O) groups is 3. The molecule has 2 amide bonds. The highest BCUT2D eigenvalue weighted by Crippen LogP contribution is 2.46. The van der Waals surface area contributed by atoms with Gasteiger partial charge in [-0.2, -0.15) is 15.3 Å². The van der Waals surface area contributed by atoms with Crippen LogP contribution >= 0.6 is 0 Å². The summed E-state index contributed by atoms with van der Waals surface area (Å²) in [7, 11) is 0. The van der Waals surface area contributed by atoms with Gasteiger partial charge in [0, 0.05) is 119 Å². The molecule has 318 valence electrons. The Labute approximate surface area is 335 Å². The third-order valence-corrected chi connectivity index (χ3v) is 11.0. The molecule has 1 N–H and O–H groups in total. The highest BCUT2D eigenvalue weighted by atomic mass is 19.3. The maximum atomic E-state index is 13.0. The number of halogens is 4. The lowest BCUT2D eigenvalue weighted by Crippen LogP contribution is -2.39. The van der Waals surface area contributed by atoms with Gasteiger partial charge < -0.3 is 24.6 Å². The van der Waals surface area contributed by atoms with E-state index < -0.39 is 23.0 Å². The molecular formula is C40H55F4N9O5. The molecule has 0 aromatic carbocycles. The molecule has 18 heteroatoms. The number of hydrogen-bond donors (Lipinski definition) is 1. The summed E-state index contributed by atoms with van der Waals surface area (Å²) >= 11 is 0. The lowest BCUT2D eigenvalue weighted by Gasteiger charge is -2.34. The molecule has 3 aromatic heterocycles. The van der Waals surface area contributed by atoms with Gasteiger partial charge in [0.05, 0.1) is 48.3 Å². The van der Waals surface area contributed by atoms with Crippen molar-refractivity contribution in [3.8, 4) is 0 Å². The van der Waals surface area contributed by atoms with Crippen molar-refractivity contribution in [1.82, 2.24) is 44.5 Å². The number of ether oxygens (including phenoxy) is 2. The molecule has 6 aliphatic rings. The molecule has 3 aromatic rings. The van der Waals surface area contributed by atoms with Gasteiger partial charge in [0.1, 0.15) is 17.0 Å². The van der Waals surface area contributed by atoms with Gasteiger partial charge in [0.2, 0.25) is 0 Å². The fraction of sp³-hybridized carbons (Fsp3) is 0.700. The molecule has 3 fully saturated rings. The first-order valence-electron chi connectivity index (χ1n) is 20.2. The molecule has 3 aliphatic carbocycles. The van der Waals surface area contributed by atoms with Crippen LogP contribution in [-0.4, -0.2) is 99.8 Å². The van der Waals surface area contributed by atoms with Crippen molar-refractivity contribution in [3.63, 3.8) is 0 Å². The molecule has 0 unspecified atom stereocenters. The van der Waals surface area contributed by atoms with Gasteiger partial charge in [0.25, 0.3) is 11.8 Å². The standard InChI is InChI=1S/C15H21F2N3O2.C15H21N3O3.C10H13F2N3/c1-14(2,3)22-13(21)19-5-4-12-10(8-19)9-20(18-12)11-6-15(16,17)7-11;1-15(2,3)21-14(20)17-5-4-13-10(8-17)9-18(16-13)11-6-12(19)7-11;11-10(12)3-8(4-10)15-6-7-5-13-2-1-9(7)14-15/h9,11H,4-8H2,1-3H3;9,11H,4-8H2,1-3H3;6,8,13H,1-5H2. The zero-order valence-corrected chi connectivity index (χ0v) is 34.2. The second-order valence-electron chi connectivity index (χ2n) is 18.4. The Morgan fingerprint density at radius 2 is 1.05 bits per heavy atom. The van der Waals surface area contributed by atoms with E-state index in [-0.39, 0.29) is 56.0 Å². The van der Waals surface area contributed by atoms with Gasteiger partial charge in [-0.1, -0.05) is 0 Å². The Bertz CT molecular complexity index is 1960. The minimum atomic E-state index is -2.56. The van der Waals surface area contributed by atoms with Crippen LogP contribution in [0.3, 0.4) is 0 Å².